The summed E-state index contributed by atoms with van der Waals surface area (Å²) in [7, 11) is 0. The van der Waals surface area contributed by atoms with E-state index in [1.54, 1.807) is 18.2 Å². The van der Waals surface area contributed by atoms with Crippen molar-refractivity contribution >= 4 is 17.3 Å². The molecule has 0 aliphatic carbocycles. The number of fused-ring (bicyclic) bond motifs is 1. The molecule has 0 bridgehead atoms. The van der Waals surface area contributed by atoms with E-state index >= 15 is 0 Å². The Morgan fingerprint density at radius 3 is 2.95 bits per heavy atom. The third-order valence-corrected chi connectivity index (χ3v) is 3.45. The van der Waals surface area contributed by atoms with Crippen LogP contribution in [0.3, 0.4) is 0 Å². The first-order valence-corrected chi connectivity index (χ1v) is 6.51. The zero-order valence-electron chi connectivity index (χ0n) is 10.3. The molecule has 1 heterocycles. The Labute approximate surface area is 116 Å². The van der Waals surface area contributed by atoms with Crippen LogP contribution in [0.5, 0.6) is 11.5 Å². The van der Waals surface area contributed by atoms with Crippen molar-refractivity contribution in [3.63, 3.8) is 0 Å². The fourth-order valence-electron chi connectivity index (χ4n) is 2.21. The average Bonchev–Trinajstić information content (AvgIpc) is 2.81. The summed E-state index contributed by atoms with van der Waals surface area (Å²) in [4.78, 5) is 0. The van der Waals surface area contributed by atoms with Gasteiger partial charge in [0.15, 0.2) is 0 Å². The van der Waals surface area contributed by atoms with Crippen LogP contribution in [0.25, 0.3) is 0 Å². The molecular formula is C15H14ClNO2. The number of para-hydroxylation sites is 1. The van der Waals surface area contributed by atoms with Crippen LogP contribution >= 0.6 is 11.6 Å². The van der Waals surface area contributed by atoms with Crippen molar-refractivity contribution in [2.75, 3.05) is 18.9 Å². The summed E-state index contributed by atoms with van der Waals surface area (Å²) in [6.45, 7) is 1.19. The van der Waals surface area contributed by atoms with E-state index in [-0.39, 0.29) is 5.92 Å². The normalized spacial score (nSPS) is 16.8. The average molecular weight is 276 g/mol. The number of ether oxygens (including phenoxy) is 2. The Morgan fingerprint density at radius 2 is 2.11 bits per heavy atom. The topological polar surface area (TPSA) is 44.5 Å². The van der Waals surface area contributed by atoms with Crippen LogP contribution in [0.15, 0.2) is 42.5 Å². The van der Waals surface area contributed by atoms with E-state index in [9.17, 15) is 0 Å². The molecule has 0 aromatic heterocycles. The minimum Gasteiger partial charge on any atom is -0.493 e. The Kier molecular flexibility index (Phi) is 3.22. The summed E-state index contributed by atoms with van der Waals surface area (Å²) in [5, 5.41) is 0.611. The third kappa shape index (κ3) is 2.47. The van der Waals surface area contributed by atoms with Gasteiger partial charge in [-0.2, -0.15) is 0 Å². The quantitative estimate of drug-likeness (QED) is 0.872. The molecule has 3 nitrogen and oxygen atoms in total. The largest absolute Gasteiger partial charge is 0.493 e. The van der Waals surface area contributed by atoms with Crippen molar-refractivity contribution in [3.8, 4) is 11.5 Å². The highest BCUT2D eigenvalue weighted by Crippen LogP contribution is 2.34. The first-order chi connectivity index (χ1) is 9.24. The fraction of sp³-hybridized carbons (Fsp3) is 0.200. The van der Waals surface area contributed by atoms with Crippen LogP contribution in [-0.2, 0) is 0 Å². The molecule has 2 aromatic carbocycles. The van der Waals surface area contributed by atoms with E-state index in [0.717, 1.165) is 5.75 Å². The van der Waals surface area contributed by atoms with E-state index in [1.165, 1.54) is 5.56 Å². The zero-order chi connectivity index (χ0) is 13.2. The van der Waals surface area contributed by atoms with Crippen molar-refractivity contribution in [2.45, 2.75) is 5.92 Å². The van der Waals surface area contributed by atoms with Crippen molar-refractivity contribution in [1.82, 2.24) is 0 Å². The van der Waals surface area contributed by atoms with Gasteiger partial charge in [-0.15, -0.1) is 0 Å². The predicted octanol–water partition coefficient (Wildman–Crippen LogP) is 3.48. The Balaban J connectivity index is 1.71. The van der Waals surface area contributed by atoms with E-state index in [1.807, 2.05) is 18.2 Å². The molecule has 2 aromatic rings. The molecule has 0 fully saturated rings. The van der Waals surface area contributed by atoms with Gasteiger partial charge in [-0.3, -0.25) is 0 Å². The molecule has 0 amide bonds. The minimum absolute atomic E-state index is 0.242. The van der Waals surface area contributed by atoms with Crippen molar-refractivity contribution < 1.29 is 9.47 Å². The zero-order valence-corrected chi connectivity index (χ0v) is 11.1. The van der Waals surface area contributed by atoms with Crippen LogP contribution in [0.2, 0.25) is 5.02 Å². The molecule has 2 N–H and O–H groups in total. The molecule has 1 aliphatic heterocycles. The number of hydrogen-bond donors (Lipinski definition) is 1. The molecule has 98 valence electrons. The van der Waals surface area contributed by atoms with Crippen molar-refractivity contribution in [2.24, 2.45) is 0 Å². The molecule has 0 radical (unpaired) electrons. The van der Waals surface area contributed by atoms with Gasteiger partial charge in [0.25, 0.3) is 0 Å². The number of nitrogens with two attached hydrogens (primary N) is 1. The van der Waals surface area contributed by atoms with E-state index in [4.69, 9.17) is 26.8 Å². The number of halogens is 1. The van der Waals surface area contributed by atoms with Crippen molar-refractivity contribution in [1.29, 1.82) is 0 Å². The van der Waals surface area contributed by atoms with Crippen LogP contribution < -0.4 is 15.2 Å². The lowest BCUT2D eigenvalue weighted by molar-refractivity contribution is 0.249. The second kappa shape index (κ2) is 5.02. The molecule has 1 atom stereocenters. The van der Waals surface area contributed by atoms with E-state index < -0.39 is 0 Å². The lowest BCUT2D eigenvalue weighted by atomic mass is 10.0. The molecule has 1 unspecified atom stereocenters. The Hall–Kier alpha value is -1.87. The van der Waals surface area contributed by atoms with Gasteiger partial charge in [0, 0.05) is 10.6 Å². The summed E-state index contributed by atoms with van der Waals surface area (Å²) in [5.74, 6) is 1.85. The van der Waals surface area contributed by atoms with Gasteiger partial charge in [0.2, 0.25) is 0 Å². The van der Waals surface area contributed by atoms with E-state index in [0.29, 0.717) is 29.7 Å². The lowest BCUT2D eigenvalue weighted by Crippen LogP contribution is -2.12. The monoisotopic (exact) mass is 275 g/mol. The van der Waals surface area contributed by atoms with Crippen LogP contribution in [0, 0.1) is 0 Å². The number of rotatable bonds is 3. The Bertz CT molecular complexity index is 600. The maximum Gasteiger partial charge on any atom is 0.142 e. The molecule has 19 heavy (non-hydrogen) atoms. The number of benzene rings is 2. The van der Waals surface area contributed by atoms with Gasteiger partial charge in [-0.05, 0) is 24.3 Å². The van der Waals surface area contributed by atoms with E-state index in [2.05, 4.69) is 6.07 Å². The highest BCUT2D eigenvalue weighted by Gasteiger charge is 2.24. The molecular weight excluding hydrogens is 262 g/mol. The summed E-state index contributed by atoms with van der Waals surface area (Å²) in [6.07, 6.45) is 0. The molecule has 0 saturated heterocycles. The first-order valence-electron chi connectivity index (χ1n) is 6.13. The van der Waals surface area contributed by atoms with Crippen molar-refractivity contribution in [3.05, 3.63) is 53.1 Å². The highest BCUT2D eigenvalue weighted by molar-refractivity contribution is 6.30. The molecule has 0 spiro atoms. The lowest BCUT2D eigenvalue weighted by Gasteiger charge is -2.13. The van der Waals surface area contributed by atoms with Crippen LogP contribution in [0.1, 0.15) is 11.5 Å². The fourth-order valence-corrected chi connectivity index (χ4v) is 2.39. The van der Waals surface area contributed by atoms with Crippen LogP contribution in [-0.4, -0.2) is 13.2 Å². The van der Waals surface area contributed by atoms with Gasteiger partial charge in [0.1, 0.15) is 11.5 Å². The maximum atomic E-state index is 5.86. The second-order valence-electron chi connectivity index (χ2n) is 4.54. The molecule has 4 heteroatoms. The maximum absolute atomic E-state index is 5.86. The van der Waals surface area contributed by atoms with Crippen LogP contribution in [0.4, 0.5) is 5.69 Å². The molecule has 0 saturated carbocycles. The minimum atomic E-state index is 0.242. The summed E-state index contributed by atoms with van der Waals surface area (Å²) >= 11 is 5.86. The number of anilines is 1. The summed E-state index contributed by atoms with van der Waals surface area (Å²) in [6, 6.07) is 13.3. The van der Waals surface area contributed by atoms with Gasteiger partial charge in [0.05, 0.1) is 24.8 Å². The van der Waals surface area contributed by atoms with Gasteiger partial charge < -0.3 is 15.2 Å². The van der Waals surface area contributed by atoms with Gasteiger partial charge in [-0.1, -0.05) is 29.8 Å². The highest BCUT2D eigenvalue weighted by atomic mass is 35.5. The predicted molar refractivity (Wildman–Crippen MR) is 76.0 cm³/mol. The Morgan fingerprint density at radius 1 is 1.26 bits per heavy atom. The standard InChI is InChI=1S/C15H14ClNO2/c16-11-5-6-15(13(17)7-11)19-9-10-8-18-14-4-2-1-3-12(10)14/h1-7,10H,8-9,17H2. The molecule has 3 rings (SSSR count). The SMILES string of the molecule is Nc1cc(Cl)ccc1OCC1COc2ccccc21. The van der Waals surface area contributed by atoms with Gasteiger partial charge >= 0.3 is 0 Å². The van der Waals surface area contributed by atoms with Gasteiger partial charge in [-0.25, -0.2) is 0 Å². The number of hydrogen-bond acceptors (Lipinski definition) is 3. The first kappa shape index (κ1) is 12.2. The summed E-state index contributed by atoms with van der Waals surface area (Å²) < 4.78 is 11.4. The number of nitrogen functional groups attached to an aromatic ring is 1. The third-order valence-electron chi connectivity index (χ3n) is 3.21. The summed E-state index contributed by atoms with van der Waals surface area (Å²) in [5.41, 5.74) is 7.61. The smallest absolute Gasteiger partial charge is 0.142 e. The second-order valence-corrected chi connectivity index (χ2v) is 4.98. The molecule has 1 aliphatic rings.